The number of carbonyl (C=O) groups excluding carboxylic acids is 2. The molecule has 3 aliphatic rings. The Morgan fingerprint density at radius 2 is 1.90 bits per heavy atom. The Morgan fingerprint density at radius 1 is 1.12 bits per heavy atom. The molecule has 42 heavy (non-hydrogen) atoms. The van der Waals surface area contributed by atoms with Crippen LogP contribution in [0.3, 0.4) is 0 Å². The number of nitrogens with one attached hydrogen (secondary N) is 1. The maximum Gasteiger partial charge on any atom is 0.273 e. The van der Waals surface area contributed by atoms with Crippen LogP contribution in [0.15, 0.2) is 48.7 Å². The first-order valence-electron chi connectivity index (χ1n) is 14.0. The number of nitrogens with zero attached hydrogens (tertiary/aromatic N) is 5. The van der Waals surface area contributed by atoms with E-state index in [0.29, 0.717) is 35.7 Å². The molecule has 10 nitrogen and oxygen atoms in total. The van der Waals surface area contributed by atoms with Gasteiger partial charge in [-0.2, -0.15) is 5.10 Å². The lowest BCUT2D eigenvalue weighted by Crippen LogP contribution is -2.39. The molecule has 2 aliphatic carbocycles. The minimum Gasteiger partial charge on any atom is -0.330 e. The number of hydrogen-bond acceptors (Lipinski definition) is 7. The average Bonchev–Trinajstić information content (AvgIpc) is 3.88. The molecule has 1 aliphatic heterocycles. The minimum absolute atomic E-state index is 0.0764. The lowest BCUT2D eigenvalue weighted by molar-refractivity contribution is -0.120. The van der Waals surface area contributed by atoms with E-state index >= 15 is 4.39 Å². The summed E-state index contributed by atoms with van der Waals surface area (Å²) >= 11 is 0. The average molecular weight is 589 g/mol. The van der Waals surface area contributed by atoms with Crippen LogP contribution in [0.5, 0.6) is 0 Å². The van der Waals surface area contributed by atoms with Gasteiger partial charge in [0, 0.05) is 47.9 Å². The van der Waals surface area contributed by atoms with Gasteiger partial charge in [0.05, 0.1) is 23.6 Å². The predicted octanol–water partition coefficient (Wildman–Crippen LogP) is 3.75. The van der Waals surface area contributed by atoms with Crippen LogP contribution < -0.4 is 4.72 Å². The van der Waals surface area contributed by atoms with E-state index in [1.165, 1.54) is 17.8 Å². The van der Waals surface area contributed by atoms with Gasteiger partial charge in [0.25, 0.3) is 5.91 Å². The molecule has 0 radical (unpaired) electrons. The van der Waals surface area contributed by atoms with Gasteiger partial charge >= 0.3 is 0 Å². The van der Waals surface area contributed by atoms with Crippen molar-refractivity contribution in [1.82, 2.24) is 29.2 Å². The van der Waals surface area contributed by atoms with Crippen molar-refractivity contribution in [3.63, 3.8) is 0 Å². The Labute approximate surface area is 242 Å². The molecule has 12 heteroatoms. The fourth-order valence-corrected chi connectivity index (χ4v) is 6.53. The van der Waals surface area contributed by atoms with Crippen molar-refractivity contribution >= 4 is 27.5 Å². The normalized spacial score (nSPS) is 21.7. The van der Waals surface area contributed by atoms with Gasteiger partial charge < -0.3 is 4.90 Å². The molecule has 1 N–H and O–H groups in total. The molecule has 2 fully saturated rings. The number of hydrogen-bond donors (Lipinski definition) is 1. The number of fused-ring (bicyclic) bond motifs is 2. The summed E-state index contributed by atoms with van der Waals surface area (Å²) in [4.78, 5) is 36.8. The van der Waals surface area contributed by atoms with E-state index in [9.17, 15) is 18.0 Å². The van der Waals surface area contributed by atoms with Crippen LogP contribution in [0.2, 0.25) is 0 Å². The van der Waals surface area contributed by atoms with E-state index in [1.807, 2.05) is 34.7 Å². The maximum absolute atomic E-state index is 15.4. The monoisotopic (exact) mass is 588 g/mol. The van der Waals surface area contributed by atoms with Crippen molar-refractivity contribution in [2.45, 2.75) is 50.5 Å². The van der Waals surface area contributed by atoms with Crippen LogP contribution >= 0.6 is 0 Å². The highest BCUT2D eigenvalue weighted by atomic mass is 32.2. The van der Waals surface area contributed by atoms with Gasteiger partial charge in [0.1, 0.15) is 11.5 Å². The summed E-state index contributed by atoms with van der Waals surface area (Å²) in [5.41, 5.74) is 5.00. The van der Waals surface area contributed by atoms with Crippen molar-refractivity contribution in [3.05, 3.63) is 82.7 Å². The molecule has 216 valence electrons. The molecule has 0 spiro atoms. The molecular formula is C30H29FN6O4S. The molecule has 2 saturated carbocycles. The second-order valence-electron chi connectivity index (χ2n) is 11.5. The number of rotatable bonds is 6. The first kappa shape index (κ1) is 26.7. The number of pyridine rings is 1. The summed E-state index contributed by atoms with van der Waals surface area (Å²) in [6.07, 6.45) is 5.44. The molecule has 0 saturated heterocycles. The predicted molar refractivity (Wildman–Crippen MR) is 152 cm³/mol. The van der Waals surface area contributed by atoms with Crippen molar-refractivity contribution in [1.29, 1.82) is 0 Å². The molecular weight excluding hydrogens is 559 g/mol. The number of halogens is 1. The van der Waals surface area contributed by atoms with Gasteiger partial charge in [-0.05, 0) is 55.9 Å². The maximum atomic E-state index is 15.4. The lowest BCUT2D eigenvalue weighted by Gasteiger charge is -2.35. The Hall–Kier alpha value is -4.19. The van der Waals surface area contributed by atoms with Gasteiger partial charge in [0.2, 0.25) is 15.9 Å². The van der Waals surface area contributed by atoms with Crippen LogP contribution in [-0.4, -0.2) is 57.5 Å². The topological polar surface area (TPSA) is 127 Å². The van der Waals surface area contributed by atoms with E-state index in [1.54, 1.807) is 10.6 Å². The van der Waals surface area contributed by atoms with Gasteiger partial charge in [0.15, 0.2) is 5.65 Å². The summed E-state index contributed by atoms with van der Waals surface area (Å²) in [6.45, 7) is 2.64. The molecule has 2 amide bonds. The summed E-state index contributed by atoms with van der Waals surface area (Å²) < 4.78 is 41.8. The molecule has 4 aromatic rings. The highest BCUT2D eigenvalue weighted by Gasteiger charge is 2.46. The number of amides is 2. The van der Waals surface area contributed by atoms with Crippen molar-refractivity contribution in [2.24, 2.45) is 5.92 Å². The molecule has 3 aromatic heterocycles. The molecule has 2 unspecified atom stereocenters. The van der Waals surface area contributed by atoms with Gasteiger partial charge in [-0.25, -0.2) is 22.3 Å². The zero-order valence-electron chi connectivity index (χ0n) is 23.1. The van der Waals surface area contributed by atoms with E-state index < -0.39 is 27.7 Å². The Kier molecular flexibility index (Phi) is 6.16. The molecule has 7 rings (SSSR count). The molecule has 4 heterocycles. The summed E-state index contributed by atoms with van der Waals surface area (Å²) in [5, 5.41) is 4.65. The van der Waals surface area contributed by atoms with Crippen LogP contribution in [0.4, 0.5) is 4.39 Å². The highest BCUT2D eigenvalue weighted by molar-refractivity contribution is 7.89. The zero-order valence-corrected chi connectivity index (χ0v) is 23.9. The fourth-order valence-electron chi connectivity index (χ4n) is 6.01. The Balaban J connectivity index is 1.17. The largest absolute Gasteiger partial charge is 0.330 e. The Morgan fingerprint density at radius 3 is 2.64 bits per heavy atom. The number of benzene rings is 1. The molecule has 1 aromatic carbocycles. The van der Waals surface area contributed by atoms with Gasteiger partial charge in [-0.1, -0.05) is 24.3 Å². The second-order valence-corrected chi connectivity index (χ2v) is 13.3. The summed E-state index contributed by atoms with van der Waals surface area (Å²) in [5.74, 6) is -1.96. The lowest BCUT2D eigenvalue weighted by atomic mass is 9.93. The van der Waals surface area contributed by atoms with Crippen LogP contribution in [0.25, 0.3) is 16.9 Å². The van der Waals surface area contributed by atoms with Crippen molar-refractivity contribution in [3.8, 4) is 11.3 Å². The summed E-state index contributed by atoms with van der Waals surface area (Å²) in [6, 6.07) is 12.9. The molecule has 0 bridgehead atoms. The third kappa shape index (κ3) is 4.83. The number of carbonyl (C=O) groups is 2. The van der Waals surface area contributed by atoms with Crippen molar-refractivity contribution < 1.29 is 22.4 Å². The zero-order chi connectivity index (χ0) is 29.3. The van der Waals surface area contributed by atoms with E-state index in [2.05, 4.69) is 27.2 Å². The van der Waals surface area contributed by atoms with Crippen LogP contribution in [0, 0.1) is 11.7 Å². The first-order valence-corrected chi connectivity index (χ1v) is 15.9. The third-order valence-corrected chi connectivity index (χ3v) is 9.04. The third-order valence-electron chi connectivity index (χ3n) is 8.47. The number of aromatic nitrogens is 4. The highest BCUT2D eigenvalue weighted by Crippen LogP contribution is 2.47. The minimum atomic E-state index is -3.67. The Bertz CT molecular complexity index is 1890. The SMILES string of the molecule is C[C@@H]1c2ccccc2CCN1C(=O)c1cc(C2CC2)n2nc(-c3cnc(C4CC4C(=O)NS(C)(=O)=O)cc3F)cc2n1. The van der Waals surface area contributed by atoms with Gasteiger partial charge in [-0.3, -0.25) is 19.3 Å². The quantitative estimate of drug-likeness (QED) is 0.364. The van der Waals surface area contributed by atoms with E-state index in [4.69, 9.17) is 0 Å². The van der Waals surface area contributed by atoms with Gasteiger partial charge in [-0.15, -0.1) is 0 Å². The fraction of sp³-hybridized carbons (Fsp3) is 0.367. The second kappa shape index (κ2) is 9.69. The first-order chi connectivity index (χ1) is 20.1. The van der Waals surface area contributed by atoms with E-state index in [-0.39, 0.29) is 29.3 Å². The summed E-state index contributed by atoms with van der Waals surface area (Å²) in [7, 11) is -3.67. The standard InChI is InChI=1S/C30H29FN6O4S/c1-16-19-6-4-3-5-17(19)9-10-36(16)30(39)26-13-27(18-7-8-18)37-28(33-26)14-25(34-37)22-15-32-24(12-23(22)31)20-11-21(20)29(38)35-42(2,40)41/h3-6,12-16,18,20-21H,7-11H2,1-2H3,(H,35,38)/t16-,20?,21?/m1/s1. The van der Waals surface area contributed by atoms with E-state index in [0.717, 1.165) is 36.8 Å². The van der Waals surface area contributed by atoms with Crippen LogP contribution in [-0.2, 0) is 21.2 Å². The number of sulfonamides is 1. The van der Waals surface area contributed by atoms with Crippen molar-refractivity contribution in [2.75, 3.05) is 12.8 Å². The smallest absolute Gasteiger partial charge is 0.273 e. The van der Waals surface area contributed by atoms with Crippen LogP contribution in [0.1, 0.15) is 77.1 Å². The molecule has 3 atom stereocenters.